The number of rotatable bonds is 5. The van der Waals surface area contributed by atoms with Crippen molar-refractivity contribution in [3.05, 3.63) is 71.0 Å². The molecule has 1 aliphatic heterocycles. The van der Waals surface area contributed by atoms with Gasteiger partial charge in [0.2, 0.25) is 0 Å². The topological polar surface area (TPSA) is 76.9 Å². The Morgan fingerprint density at radius 3 is 2.03 bits per heavy atom. The average molecular weight is 455 g/mol. The fraction of sp³-hybridized carbons (Fsp3) is 0.261. The van der Waals surface area contributed by atoms with Gasteiger partial charge in [-0.3, -0.25) is 9.59 Å². The zero-order chi connectivity index (χ0) is 22.7. The Labute approximate surface area is 190 Å². The molecule has 4 rings (SSSR count). The molecule has 2 aromatic carbocycles. The second-order valence-electron chi connectivity index (χ2n) is 7.30. The van der Waals surface area contributed by atoms with Crippen molar-refractivity contribution >= 4 is 23.4 Å². The molecular formula is C23H23ClN4O4. The Hall–Kier alpha value is -3.52. The maximum Gasteiger partial charge on any atom is 0.257 e. The van der Waals surface area contributed by atoms with Gasteiger partial charge in [0, 0.05) is 43.0 Å². The Morgan fingerprint density at radius 1 is 0.844 bits per heavy atom. The molecule has 0 N–H and O–H groups in total. The third kappa shape index (κ3) is 4.40. The normalized spacial score (nSPS) is 13.7. The van der Waals surface area contributed by atoms with Crippen molar-refractivity contribution in [3.63, 3.8) is 0 Å². The highest BCUT2D eigenvalue weighted by Crippen LogP contribution is 2.28. The van der Waals surface area contributed by atoms with Gasteiger partial charge in [-0.05, 0) is 42.5 Å². The second kappa shape index (κ2) is 9.32. The maximum atomic E-state index is 12.9. The van der Waals surface area contributed by atoms with Crippen LogP contribution in [0.3, 0.4) is 0 Å². The molecule has 0 radical (unpaired) electrons. The molecule has 2 heterocycles. The minimum absolute atomic E-state index is 0.103. The highest BCUT2D eigenvalue weighted by Gasteiger charge is 2.26. The molecule has 9 heteroatoms. The summed E-state index contributed by atoms with van der Waals surface area (Å²) in [5, 5.41) is 4.92. The minimum atomic E-state index is -0.108. The van der Waals surface area contributed by atoms with E-state index in [0.29, 0.717) is 53.8 Å². The van der Waals surface area contributed by atoms with Crippen LogP contribution in [0, 0.1) is 0 Å². The molecule has 0 saturated carbocycles. The van der Waals surface area contributed by atoms with Gasteiger partial charge in [0.05, 0.1) is 31.7 Å². The van der Waals surface area contributed by atoms with Gasteiger partial charge in [-0.2, -0.15) is 5.10 Å². The first-order valence-electron chi connectivity index (χ1n) is 10.1. The average Bonchev–Trinajstić information content (AvgIpc) is 3.33. The number of carbonyl (C=O) groups excluding carboxylic acids is 2. The van der Waals surface area contributed by atoms with E-state index in [0.717, 1.165) is 5.69 Å². The molecule has 8 nitrogen and oxygen atoms in total. The molecule has 0 atom stereocenters. The lowest BCUT2D eigenvalue weighted by atomic mass is 10.1. The highest BCUT2D eigenvalue weighted by atomic mass is 35.5. The molecule has 0 bridgehead atoms. The van der Waals surface area contributed by atoms with Gasteiger partial charge >= 0.3 is 0 Å². The van der Waals surface area contributed by atoms with Crippen LogP contribution in [0.4, 0.5) is 0 Å². The first-order chi connectivity index (χ1) is 15.5. The van der Waals surface area contributed by atoms with Crippen molar-refractivity contribution in [1.29, 1.82) is 0 Å². The summed E-state index contributed by atoms with van der Waals surface area (Å²) in [6.07, 6.45) is 3.25. The first-order valence-corrected chi connectivity index (χ1v) is 10.5. The summed E-state index contributed by atoms with van der Waals surface area (Å²) in [4.78, 5) is 29.3. The van der Waals surface area contributed by atoms with Crippen LogP contribution < -0.4 is 9.47 Å². The number of piperazine rings is 1. The van der Waals surface area contributed by atoms with Crippen LogP contribution in [-0.2, 0) is 0 Å². The van der Waals surface area contributed by atoms with Crippen molar-refractivity contribution in [2.75, 3.05) is 40.4 Å². The van der Waals surface area contributed by atoms with E-state index >= 15 is 0 Å². The van der Waals surface area contributed by atoms with E-state index in [1.54, 1.807) is 64.3 Å². The Balaban J connectivity index is 1.39. The van der Waals surface area contributed by atoms with Crippen LogP contribution in [0.5, 0.6) is 11.5 Å². The number of ether oxygens (including phenoxy) is 2. The number of hydrogen-bond acceptors (Lipinski definition) is 5. The Kier molecular flexibility index (Phi) is 6.32. The van der Waals surface area contributed by atoms with Gasteiger partial charge in [0.1, 0.15) is 0 Å². The zero-order valence-electron chi connectivity index (χ0n) is 17.8. The summed E-state index contributed by atoms with van der Waals surface area (Å²) in [5.74, 6) is 0.862. The lowest BCUT2D eigenvalue weighted by Crippen LogP contribution is -2.50. The SMILES string of the molecule is COc1ccc(C(=O)N2CCN(C(=O)c3cnn(-c4ccc(Cl)cc4)c3)CC2)cc1OC. The lowest BCUT2D eigenvalue weighted by molar-refractivity contribution is 0.0535. The predicted octanol–water partition coefficient (Wildman–Crippen LogP) is 3.14. The summed E-state index contributed by atoms with van der Waals surface area (Å²) in [5.41, 5.74) is 1.84. The van der Waals surface area contributed by atoms with E-state index < -0.39 is 0 Å². The number of carbonyl (C=O) groups is 2. The van der Waals surface area contributed by atoms with E-state index in [1.807, 2.05) is 12.1 Å². The number of nitrogens with zero attached hydrogens (tertiary/aromatic N) is 4. The van der Waals surface area contributed by atoms with E-state index in [4.69, 9.17) is 21.1 Å². The van der Waals surface area contributed by atoms with Crippen LogP contribution >= 0.6 is 11.6 Å². The Bertz CT molecular complexity index is 1120. The van der Waals surface area contributed by atoms with Crippen LogP contribution in [0.2, 0.25) is 5.02 Å². The molecule has 1 aromatic heterocycles. The molecular weight excluding hydrogens is 432 g/mol. The number of aromatic nitrogens is 2. The molecule has 32 heavy (non-hydrogen) atoms. The fourth-order valence-electron chi connectivity index (χ4n) is 3.62. The maximum absolute atomic E-state index is 12.9. The third-order valence-corrected chi connectivity index (χ3v) is 5.66. The predicted molar refractivity (Wildman–Crippen MR) is 120 cm³/mol. The molecule has 0 aliphatic carbocycles. The van der Waals surface area contributed by atoms with Gasteiger partial charge < -0.3 is 19.3 Å². The number of halogens is 1. The number of methoxy groups -OCH3 is 2. The smallest absolute Gasteiger partial charge is 0.257 e. The summed E-state index contributed by atoms with van der Waals surface area (Å²) in [6.45, 7) is 1.79. The van der Waals surface area contributed by atoms with Crippen LogP contribution in [-0.4, -0.2) is 71.8 Å². The summed E-state index contributed by atoms with van der Waals surface area (Å²) < 4.78 is 12.2. The lowest BCUT2D eigenvalue weighted by Gasteiger charge is -2.34. The monoisotopic (exact) mass is 454 g/mol. The molecule has 166 valence electrons. The van der Waals surface area contributed by atoms with Crippen LogP contribution in [0.25, 0.3) is 5.69 Å². The van der Waals surface area contributed by atoms with E-state index in [9.17, 15) is 9.59 Å². The molecule has 1 saturated heterocycles. The van der Waals surface area contributed by atoms with Crippen molar-refractivity contribution < 1.29 is 19.1 Å². The van der Waals surface area contributed by atoms with Gasteiger partial charge in [0.25, 0.3) is 11.8 Å². The molecule has 1 fully saturated rings. The van der Waals surface area contributed by atoms with Gasteiger partial charge in [-0.25, -0.2) is 4.68 Å². The summed E-state index contributed by atoms with van der Waals surface area (Å²) in [6, 6.07) is 12.3. The van der Waals surface area contributed by atoms with E-state index in [1.165, 1.54) is 7.11 Å². The molecule has 2 amide bonds. The molecule has 1 aliphatic rings. The standard InChI is InChI=1S/C23H23ClN4O4/c1-31-20-8-3-16(13-21(20)32-2)22(29)26-9-11-27(12-10-26)23(30)17-14-25-28(15-17)19-6-4-18(24)5-7-19/h3-8,13-15H,9-12H2,1-2H3. The highest BCUT2D eigenvalue weighted by molar-refractivity contribution is 6.30. The number of benzene rings is 2. The van der Waals surface area contributed by atoms with Crippen LogP contribution in [0.1, 0.15) is 20.7 Å². The van der Waals surface area contributed by atoms with Crippen molar-refractivity contribution in [1.82, 2.24) is 19.6 Å². The molecule has 0 spiro atoms. The second-order valence-corrected chi connectivity index (χ2v) is 7.74. The van der Waals surface area contributed by atoms with Gasteiger partial charge in [-0.15, -0.1) is 0 Å². The van der Waals surface area contributed by atoms with Crippen LogP contribution in [0.15, 0.2) is 54.9 Å². The van der Waals surface area contributed by atoms with Crippen molar-refractivity contribution in [2.45, 2.75) is 0 Å². The van der Waals surface area contributed by atoms with E-state index in [2.05, 4.69) is 5.10 Å². The largest absolute Gasteiger partial charge is 0.493 e. The molecule has 3 aromatic rings. The molecule has 0 unspecified atom stereocenters. The number of amides is 2. The summed E-state index contributed by atoms with van der Waals surface area (Å²) >= 11 is 5.93. The Morgan fingerprint density at radius 2 is 1.44 bits per heavy atom. The van der Waals surface area contributed by atoms with Crippen molar-refractivity contribution in [3.8, 4) is 17.2 Å². The first kappa shape index (κ1) is 21.7. The quantitative estimate of drug-likeness (QED) is 0.592. The van der Waals surface area contributed by atoms with Gasteiger partial charge in [0.15, 0.2) is 11.5 Å². The summed E-state index contributed by atoms with van der Waals surface area (Å²) in [7, 11) is 3.08. The minimum Gasteiger partial charge on any atom is -0.493 e. The van der Waals surface area contributed by atoms with Crippen molar-refractivity contribution in [2.24, 2.45) is 0 Å². The zero-order valence-corrected chi connectivity index (χ0v) is 18.6. The number of hydrogen-bond donors (Lipinski definition) is 0. The van der Waals surface area contributed by atoms with E-state index in [-0.39, 0.29) is 11.8 Å². The third-order valence-electron chi connectivity index (χ3n) is 5.41. The fourth-order valence-corrected chi connectivity index (χ4v) is 3.74. The van der Waals surface area contributed by atoms with Gasteiger partial charge in [-0.1, -0.05) is 11.6 Å².